The van der Waals surface area contributed by atoms with Crippen LogP contribution < -0.4 is 5.73 Å². The van der Waals surface area contributed by atoms with Crippen LogP contribution in [-0.4, -0.2) is 42.8 Å². The quantitative estimate of drug-likeness (QED) is 0.819. The fraction of sp³-hybridized carbons (Fsp3) is 1.00. The van der Waals surface area contributed by atoms with E-state index >= 15 is 0 Å². The molecule has 0 aromatic heterocycles. The molecule has 2 rings (SSSR count). The van der Waals surface area contributed by atoms with Crippen LogP contribution in [0.15, 0.2) is 0 Å². The zero-order valence-electron chi connectivity index (χ0n) is 12.2. The van der Waals surface area contributed by atoms with E-state index in [1.54, 1.807) is 0 Å². The summed E-state index contributed by atoms with van der Waals surface area (Å²) in [4.78, 5) is 2.70. The van der Waals surface area contributed by atoms with E-state index < -0.39 is 0 Å². The first kappa shape index (κ1) is 14.3. The zero-order chi connectivity index (χ0) is 13.0. The Morgan fingerprint density at radius 2 is 1.94 bits per heavy atom. The second-order valence-electron chi connectivity index (χ2n) is 5.95. The number of nitrogens with two attached hydrogens (primary N) is 1. The lowest BCUT2D eigenvalue weighted by Gasteiger charge is -2.48. The van der Waals surface area contributed by atoms with Gasteiger partial charge in [0.05, 0.1) is 6.10 Å². The summed E-state index contributed by atoms with van der Waals surface area (Å²) >= 11 is 0. The highest BCUT2D eigenvalue weighted by molar-refractivity contribution is 5.02. The van der Waals surface area contributed by atoms with Crippen LogP contribution in [-0.2, 0) is 4.74 Å². The molecule has 1 aliphatic heterocycles. The summed E-state index contributed by atoms with van der Waals surface area (Å²) in [7, 11) is 0. The van der Waals surface area contributed by atoms with Gasteiger partial charge in [0.25, 0.3) is 0 Å². The predicted octanol–water partition coefficient (Wildman–Crippen LogP) is 2.39. The van der Waals surface area contributed by atoms with Crippen LogP contribution in [0.3, 0.4) is 0 Å². The van der Waals surface area contributed by atoms with E-state index in [1.807, 2.05) is 0 Å². The third-order valence-corrected chi connectivity index (χ3v) is 5.24. The minimum Gasteiger partial charge on any atom is -0.378 e. The first-order valence-corrected chi connectivity index (χ1v) is 7.83. The third-order valence-electron chi connectivity index (χ3n) is 5.24. The van der Waals surface area contributed by atoms with E-state index in [1.165, 1.54) is 51.6 Å². The van der Waals surface area contributed by atoms with Gasteiger partial charge in [-0.25, -0.2) is 0 Å². The zero-order valence-corrected chi connectivity index (χ0v) is 12.2. The van der Waals surface area contributed by atoms with E-state index in [0.29, 0.717) is 11.6 Å². The number of ether oxygens (including phenoxy) is 1. The maximum Gasteiger partial charge on any atom is 0.0599 e. The summed E-state index contributed by atoms with van der Waals surface area (Å²) in [5, 5.41) is 0. The number of piperidine rings is 1. The van der Waals surface area contributed by atoms with Gasteiger partial charge in [-0.2, -0.15) is 0 Å². The van der Waals surface area contributed by atoms with Crippen molar-refractivity contribution in [3.8, 4) is 0 Å². The number of hydrogen-bond donors (Lipinski definition) is 1. The van der Waals surface area contributed by atoms with Gasteiger partial charge in [0, 0.05) is 31.8 Å². The predicted molar refractivity (Wildman–Crippen MR) is 75.6 cm³/mol. The molecule has 18 heavy (non-hydrogen) atoms. The molecule has 1 heterocycles. The van der Waals surface area contributed by atoms with Crippen molar-refractivity contribution in [3.63, 3.8) is 0 Å². The van der Waals surface area contributed by atoms with E-state index in [2.05, 4.69) is 18.7 Å². The molecule has 0 radical (unpaired) electrons. The van der Waals surface area contributed by atoms with Crippen molar-refractivity contribution in [3.05, 3.63) is 0 Å². The average molecular weight is 254 g/mol. The minimum absolute atomic E-state index is 0.311. The lowest BCUT2D eigenvalue weighted by Crippen LogP contribution is -2.59. The molecule has 2 fully saturated rings. The van der Waals surface area contributed by atoms with E-state index in [0.717, 1.165) is 19.1 Å². The van der Waals surface area contributed by atoms with Crippen molar-refractivity contribution in [2.45, 2.75) is 64.0 Å². The number of likely N-dealkylation sites (tertiary alicyclic amines) is 1. The third kappa shape index (κ3) is 2.59. The Balaban J connectivity index is 1.97. The van der Waals surface area contributed by atoms with E-state index in [9.17, 15) is 0 Å². The lowest BCUT2D eigenvalue weighted by atomic mass is 9.82. The molecule has 2 N–H and O–H groups in total. The van der Waals surface area contributed by atoms with Gasteiger partial charge in [-0.15, -0.1) is 0 Å². The molecule has 0 amide bonds. The van der Waals surface area contributed by atoms with Crippen molar-refractivity contribution >= 4 is 0 Å². The van der Waals surface area contributed by atoms with Gasteiger partial charge in [0.1, 0.15) is 0 Å². The Kier molecular flexibility index (Phi) is 5.05. The summed E-state index contributed by atoms with van der Waals surface area (Å²) in [6.07, 6.45) is 8.19. The molecule has 0 aromatic rings. The first-order valence-electron chi connectivity index (χ1n) is 7.83. The molecule has 1 saturated carbocycles. The molecule has 2 atom stereocenters. The maximum absolute atomic E-state index is 6.19. The van der Waals surface area contributed by atoms with Crippen molar-refractivity contribution in [2.24, 2.45) is 11.7 Å². The molecule has 2 aliphatic rings. The van der Waals surface area contributed by atoms with Gasteiger partial charge in [-0.05, 0) is 38.5 Å². The van der Waals surface area contributed by atoms with Gasteiger partial charge in [0.15, 0.2) is 0 Å². The summed E-state index contributed by atoms with van der Waals surface area (Å²) in [6, 6.07) is 0. The van der Waals surface area contributed by atoms with Crippen LogP contribution in [0.25, 0.3) is 0 Å². The summed E-state index contributed by atoms with van der Waals surface area (Å²) in [5.41, 5.74) is 6.50. The Labute approximate surface area is 112 Å². The molecule has 3 nitrogen and oxygen atoms in total. The average Bonchev–Trinajstić information content (AvgIpc) is 2.84. The summed E-state index contributed by atoms with van der Waals surface area (Å²) in [6.45, 7) is 8.47. The monoisotopic (exact) mass is 254 g/mol. The van der Waals surface area contributed by atoms with Gasteiger partial charge in [-0.3, -0.25) is 4.90 Å². The standard InChI is InChI=1S/C15H30N2O/c1-3-13-6-5-9-15(13,12-16)17-10-7-14(8-11-17)18-4-2/h13-14H,3-12,16H2,1-2H3. The smallest absolute Gasteiger partial charge is 0.0599 e. The van der Waals surface area contributed by atoms with E-state index in [-0.39, 0.29) is 0 Å². The van der Waals surface area contributed by atoms with Gasteiger partial charge in [-0.1, -0.05) is 19.8 Å². The minimum atomic E-state index is 0.311. The Hall–Kier alpha value is -0.120. The Bertz CT molecular complexity index is 251. The fourth-order valence-corrected chi connectivity index (χ4v) is 4.23. The van der Waals surface area contributed by atoms with Crippen LogP contribution in [0.1, 0.15) is 52.4 Å². The Morgan fingerprint density at radius 3 is 2.50 bits per heavy atom. The van der Waals surface area contributed by atoms with Crippen LogP contribution in [0.4, 0.5) is 0 Å². The molecular weight excluding hydrogens is 224 g/mol. The lowest BCUT2D eigenvalue weighted by molar-refractivity contribution is -0.0299. The van der Waals surface area contributed by atoms with Gasteiger partial charge < -0.3 is 10.5 Å². The molecule has 106 valence electrons. The first-order chi connectivity index (χ1) is 8.76. The number of rotatable bonds is 5. The molecule has 0 bridgehead atoms. The van der Waals surface area contributed by atoms with Crippen LogP contribution in [0.2, 0.25) is 0 Å². The van der Waals surface area contributed by atoms with Crippen molar-refractivity contribution in [1.82, 2.24) is 4.90 Å². The molecule has 1 saturated heterocycles. The highest BCUT2D eigenvalue weighted by atomic mass is 16.5. The molecule has 0 spiro atoms. The van der Waals surface area contributed by atoms with Crippen molar-refractivity contribution in [1.29, 1.82) is 0 Å². The fourth-order valence-electron chi connectivity index (χ4n) is 4.23. The molecule has 3 heteroatoms. The highest BCUT2D eigenvalue weighted by Crippen LogP contribution is 2.42. The van der Waals surface area contributed by atoms with Crippen molar-refractivity contribution in [2.75, 3.05) is 26.2 Å². The SMILES string of the molecule is CCOC1CCN(C2(CN)CCCC2CC)CC1. The molecular formula is C15H30N2O. The van der Waals surface area contributed by atoms with Crippen molar-refractivity contribution < 1.29 is 4.74 Å². The molecule has 1 aliphatic carbocycles. The maximum atomic E-state index is 6.19. The topological polar surface area (TPSA) is 38.5 Å². The van der Waals surface area contributed by atoms with Crippen LogP contribution >= 0.6 is 0 Å². The second kappa shape index (κ2) is 6.36. The van der Waals surface area contributed by atoms with Gasteiger partial charge >= 0.3 is 0 Å². The Morgan fingerprint density at radius 1 is 1.22 bits per heavy atom. The second-order valence-corrected chi connectivity index (χ2v) is 5.95. The highest BCUT2D eigenvalue weighted by Gasteiger charge is 2.45. The molecule has 2 unspecified atom stereocenters. The van der Waals surface area contributed by atoms with Crippen LogP contribution in [0.5, 0.6) is 0 Å². The largest absolute Gasteiger partial charge is 0.378 e. The normalized spacial score (nSPS) is 35.2. The number of hydrogen-bond acceptors (Lipinski definition) is 3. The van der Waals surface area contributed by atoms with Gasteiger partial charge in [0.2, 0.25) is 0 Å². The number of nitrogens with zero attached hydrogens (tertiary/aromatic N) is 1. The van der Waals surface area contributed by atoms with E-state index in [4.69, 9.17) is 10.5 Å². The van der Waals surface area contributed by atoms with Crippen LogP contribution in [0, 0.1) is 5.92 Å². The summed E-state index contributed by atoms with van der Waals surface area (Å²) < 4.78 is 5.76. The molecule has 0 aromatic carbocycles. The summed E-state index contributed by atoms with van der Waals surface area (Å²) in [5.74, 6) is 0.811.